The number of nitrogens with one attached hydrogen (secondary N) is 1. The summed E-state index contributed by atoms with van der Waals surface area (Å²) in [5, 5.41) is 14.3. The lowest BCUT2D eigenvalue weighted by atomic mass is 9.99. The van der Waals surface area contributed by atoms with Crippen molar-refractivity contribution in [2.45, 2.75) is 45.1 Å². The van der Waals surface area contributed by atoms with E-state index >= 15 is 0 Å². The Morgan fingerprint density at radius 2 is 2.07 bits per heavy atom. The molecule has 1 atom stereocenters. The van der Waals surface area contributed by atoms with E-state index in [1.165, 1.54) is 0 Å². The predicted molar refractivity (Wildman–Crippen MR) is 57.6 cm³/mol. The first-order valence-corrected chi connectivity index (χ1v) is 5.28. The molecule has 1 unspecified atom stereocenters. The molecule has 86 valence electrons. The second-order valence-electron chi connectivity index (χ2n) is 4.50. The Labute approximate surface area is 89.7 Å². The van der Waals surface area contributed by atoms with Crippen molar-refractivity contribution in [3.05, 3.63) is 0 Å². The number of nitrogens with two attached hydrogens (primary N) is 1. The van der Waals surface area contributed by atoms with Crippen LogP contribution in [0.4, 0.5) is 0 Å². The number of carbonyl (C=O) groups excluding carboxylic acids is 1. The molecule has 0 aromatic rings. The maximum atomic E-state index is 11.7. The Bertz CT molecular complexity index is 270. The van der Waals surface area contributed by atoms with Crippen LogP contribution in [0, 0.1) is 5.92 Å². The SMILES string of the molecule is CC(C(=O)NC1(C)CCCC1)C(N)=NO. The monoisotopic (exact) mass is 213 g/mol. The van der Waals surface area contributed by atoms with Gasteiger partial charge in [0, 0.05) is 5.54 Å². The fraction of sp³-hybridized carbons (Fsp3) is 0.800. The van der Waals surface area contributed by atoms with Gasteiger partial charge in [0.1, 0.15) is 0 Å². The first kappa shape index (κ1) is 11.8. The average molecular weight is 213 g/mol. The van der Waals surface area contributed by atoms with E-state index in [9.17, 15) is 4.79 Å². The highest BCUT2D eigenvalue weighted by Crippen LogP contribution is 2.29. The Morgan fingerprint density at radius 3 is 2.53 bits per heavy atom. The third kappa shape index (κ3) is 2.84. The fourth-order valence-electron chi connectivity index (χ4n) is 1.91. The molecule has 0 aromatic heterocycles. The first-order chi connectivity index (χ1) is 6.98. The molecule has 15 heavy (non-hydrogen) atoms. The molecule has 1 aliphatic carbocycles. The van der Waals surface area contributed by atoms with Gasteiger partial charge in [-0.15, -0.1) is 0 Å². The number of hydrogen-bond donors (Lipinski definition) is 3. The van der Waals surface area contributed by atoms with Crippen LogP contribution in [0.5, 0.6) is 0 Å². The van der Waals surface area contributed by atoms with E-state index in [1.54, 1.807) is 6.92 Å². The van der Waals surface area contributed by atoms with Crippen LogP contribution in [-0.4, -0.2) is 22.5 Å². The number of oxime groups is 1. The van der Waals surface area contributed by atoms with Crippen LogP contribution in [0.25, 0.3) is 0 Å². The van der Waals surface area contributed by atoms with Crippen molar-refractivity contribution in [1.82, 2.24) is 5.32 Å². The summed E-state index contributed by atoms with van der Waals surface area (Å²) in [4.78, 5) is 11.7. The van der Waals surface area contributed by atoms with Gasteiger partial charge in [0.05, 0.1) is 5.92 Å². The van der Waals surface area contributed by atoms with E-state index in [4.69, 9.17) is 10.9 Å². The predicted octanol–water partition coefficient (Wildman–Crippen LogP) is 0.818. The van der Waals surface area contributed by atoms with Crippen LogP contribution < -0.4 is 11.1 Å². The van der Waals surface area contributed by atoms with Crippen LogP contribution in [-0.2, 0) is 4.79 Å². The second-order valence-corrected chi connectivity index (χ2v) is 4.50. The summed E-state index contributed by atoms with van der Waals surface area (Å²) >= 11 is 0. The normalized spacial score (nSPS) is 22.4. The number of nitrogens with zero attached hydrogens (tertiary/aromatic N) is 1. The van der Waals surface area contributed by atoms with Crippen molar-refractivity contribution in [2.75, 3.05) is 0 Å². The lowest BCUT2D eigenvalue weighted by Gasteiger charge is -2.26. The zero-order chi connectivity index (χ0) is 11.5. The van der Waals surface area contributed by atoms with Gasteiger partial charge < -0.3 is 16.3 Å². The zero-order valence-electron chi connectivity index (χ0n) is 9.29. The minimum absolute atomic E-state index is 0.0471. The maximum absolute atomic E-state index is 11.7. The quantitative estimate of drug-likeness (QED) is 0.281. The van der Waals surface area contributed by atoms with Crippen molar-refractivity contribution < 1.29 is 10.0 Å². The van der Waals surface area contributed by atoms with Crippen LogP contribution >= 0.6 is 0 Å². The third-order valence-corrected chi connectivity index (χ3v) is 3.08. The van der Waals surface area contributed by atoms with Gasteiger partial charge in [-0.1, -0.05) is 18.0 Å². The Hall–Kier alpha value is -1.26. The van der Waals surface area contributed by atoms with E-state index in [1.807, 2.05) is 6.92 Å². The summed E-state index contributed by atoms with van der Waals surface area (Å²) in [6, 6.07) is 0. The lowest BCUT2D eigenvalue weighted by molar-refractivity contribution is -0.124. The third-order valence-electron chi connectivity index (χ3n) is 3.08. The van der Waals surface area contributed by atoms with E-state index in [0.29, 0.717) is 0 Å². The van der Waals surface area contributed by atoms with E-state index in [-0.39, 0.29) is 17.3 Å². The van der Waals surface area contributed by atoms with Gasteiger partial charge in [0.2, 0.25) is 5.91 Å². The summed E-state index contributed by atoms with van der Waals surface area (Å²) < 4.78 is 0. The average Bonchev–Trinajstić information content (AvgIpc) is 2.62. The molecule has 1 amide bonds. The number of rotatable bonds is 3. The number of amides is 1. The standard InChI is InChI=1S/C10H19N3O2/c1-7(8(11)13-15)9(14)12-10(2)5-3-4-6-10/h7,15H,3-6H2,1-2H3,(H2,11,13)(H,12,14). The minimum atomic E-state index is -0.576. The number of amidine groups is 1. The van der Waals surface area contributed by atoms with Gasteiger partial charge in [0.25, 0.3) is 0 Å². The van der Waals surface area contributed by atoms with E-state index in [2.05, 4.69) is 10.5 Å². The molecule has 5 heteroatoms. The van der Waals surface area contributed by atoms with Crippen molar-refractivity contribution in [1.29, 1.82) is 0 Å². The topological polar surface area (TPSA) is 87.7 Å². The van der Waals surface area contributed by atoms with Crippen LogP contribution in [0.2, 0.25) is 0 Å². The zero-order valence-corrected chi connectivity index (χ0v) is 9.29. The Morgan fingerprint density at radius 1 is 1.53 bits per heavy atom. The number of hydrogen-bond acceptors (Lipinski definition) is 3. The van der Waals surface area contributed by atoms with Crippen LogP contribution in [0.3, 0.4) is 0 Å². The van der Waals surface area contributed by atoms with Crippen molar-refractivity contribution in [3.63, 3.8) is 0 Å². The number of carbonyl (C=O) groups is 1. The fourth-order valence-corrected chi connectivity index (χ4v) is 1.91. The highest BCUT2D eigenvalue weighted by molar-refractivity contribution is 6.01. The van der Waals surface area contributed by atoms with Crippen LogP contribution in [0.15, 0.2) is 5.16 Å². The minimum Gasteiger partial charge on any atom is -0.409 e. The highest BCUT2D eigenvalue weighted by Gasteiger charge is 2.32. The summed E-state index contributed by atoms with van der Waals surface area (Å²) in [6.45, 7) is 3.67. The maximum Gasteiger partial charge on any atom is 0.230 e. The van der Waals surface area contributed by atoms with Gasteiger partial charge in [-0.3, -0.25) is 4.79 Å². The van der Waals surface area contributed by atoms with E-state index in [0.717, 1.165) is 25.7 Å². The van der Waals surface area contributed by atoms with Gasteiger partial charge >= 0.3 is 0 Å². The Kier molecular flexibility index (Phi) is 3.55. The van der Waals surface area contributed by atoms with Gasteiger partial charge in [-0.25, -0.2) is 0 Å². The van der Waals surface area contributed by atoms with E-state index < -0.39 is 5.92 Å². The molecule has 0 aromatic carbocycles. The van der Waals surface area contributed by atoms with Crippen molar-refractivity contribution >= 4 is 11.7 Å². The molecule has 1 saturated carbocycles. The highest BCUT2D eigenvalue weighted by atomic mass is 16.4. The summed E-state index contributed by atoms with van der Waals surface area (Å²) in [7, 11) is 0. The molecule has 0 saturated heterocycles. The van der Waals surface area contributed by atoms with Crippen LogP contribution in [0.1, 0.15) is 39.5 Å². The smallest absolute Gasteiger partial charge is 0.230 e. The molecule has 0 heterocycles. The van der Waals surface area contributed by atoms with Crippen molar-refractivity contribution in [2.24, 2.45) is 16.8 Å². The van der Waals surface area contributed by atoms with Gasteiger partial charge in [0.15, 0.2) is 5.84 Å². The lowest BCUT2D eigenvalue weighted by Crippen LogP contribution is -2.48. The molecule has 0 bridgehead atoms. The molecule has 0 aliphatic heterocycles. The molecule has 5 nitrogen and oxygen atoms in total. The molecule has 4 N–H and O–H groups in total. The molecule has 1 rings (SSSR count). The Balaban J connectivity index is 2.55. The largest absolute Gasteiger partial charge is 0.409 e. The molecule has 1 aliphatic rings. The molecule has 1 fully saturated rings. The van der Waals surface area contributed by atoms with Gasteiger partial charge in [-0.2, -0.15) is 0 Å². The molecule has 0 radical (unpaired) electrons. The summed E-state index contributed by atoms with van der Waals surface area (Å²) in [5.74, 6) is -0.795. The summed E-state index contributed by atoms with van der Waals surface area (Å²) in [6.07, 6.45) is 4.30. The van der Waals surface area contributed by atoms with Gasteiger partial charge in [-0.05, 0) is 26.7 Å². The molecular formula is C10H19N3O2. The molecular weight excluding hydrogens is 194 g/mol. The van der Waals surface area contributed by atoms with Crippen molar-refractivity contribution in [3.8, 4) is 0 Å². The molecule has 0 spiro atoms. The second kappa shape index (κ2) is 4.51. The first-order valence-electron chi connectivity index (χ1n) is 5.28. The summed E-state index contributed by atoms with van der Waals surface area (Å²) in [5.41, 5.74) is 5.26.